The topological polar surface area (TPSA) is 155 Å². The van der Waals surface area contributed by atoms with E-state index in [1.165, 1.54) is 24.3 Å². The van der Waals surface area contributed by atoms with Gasteiger partial charge in [-0.15, -0.1) is 0 Å². The van der Waals surface area contributed by atoms with Gasteiger partial charge in [0, 0.05) is 0 Å². The summed E-state index contributed by atoms with van der Waals surface area (Å²) in [5.41, 5.74) is -0.725. The highest BCUT2D eigenvalue weighted by Gasteiger charge is 2.30. The first-order valence-electron chi connectivity index (χ1n) is 10.3. The van der Waals surface area contributed by atoms with Crippen molar-refractivity contribution in [2.45, 2.75) is 31.3 Å². The predicted molar refractivity (Wildman–Crippen MR) is 112 cm³/mol. The number of aliphatic imine (C=N–C) groups is 4. The number of hydrogen-bond donors (Lipinski definition) is 0. The molecule has 0 aliphatic carbocycles. The SMILES string of the molecule is O=C=NCCCC(CCCN=C=O)(COCCOCCOCCN=C=O)OCCN=C=O. The van der Waals surface area contributed by atoms with Crippen LogP contribution in [0, 0.1) is 0 Å². The second-order valence-electron chi connectivity index (χ2n) is 6.41. The summed E-state index contributed by atoms with van der Waals surface area (Å²) in [6.45, 7) is 3.16. The van der Waals surface area contributed by atoms with Crippen molar-refractivity contribution in [3.63, 3.8) is 0 Å². The molecule has 0 aromatic rings. The molecule has 0 saturated carbocycles. The van der Waals surface area contributed by atoms with E-state index in [2.05, 4.69) is 20.0 Å². The summed E-state index contributed by atoms with van der Waals surface area (Å²) in [6.07, 6.45) is 8.10. The zero-order valence-corrected chi connectivity index (χ0v) is 18.2. The van der Waals surface area contributed by atoms with Gasteiger partial charge in [-0.2, -0.15) is 0 Å². The number of isocyanates is 4. The predicted octanol–water partition coefficient (Wildman–Crippen LogP) is 0.695. The van der Waals surface area contributed by atoms with Gasteiger partial charge in [0.25, 0.3) is 0 Å². The Morgan fingerprint density at radius 3 is 1.50 bits per heavy atom. The van der Waals surface area contributed by atoms with Gasteiger partial charge in [0.05, 0.1) is 78.0 Å². The minimum atomic E-state index is -0.725. The summed E-state index contributed by atoms with van der Waals surface area (Å²) in [5.74, 6) is 0. The molecule has 0 aromatic carbocycles. The monoisotopic (exact) mass is 454 g/mol. The highest BCUT2D eigenvalue weighted by Crippen LogP contribution is 2.25. The molecule has 32 heavy (non-hydrogen) atoms. The van der Waals surface area contributed by atoms with Crippen molar-refractivity contribution in [2.75, 3.05) is 72.4 Å². The first-order chi connectivity index (χ1) is 15.7. The van der Waals surface area contributed by atoms with Gasteiger partial charge in [0.2, 0.25) is 24.3 Å². The molecule has 0 N–H and O–H groups in total. The average molecular weight is 454 g/mol. The third-order valence-corrected chi connectivity index (χ3v) is 4.13. The van der Waals surface area contributed by atoms with Crippen LogP contribution in [0.15, 0.2) is 20.0 Å². The van der Waals surface area contributed by atoms with E-state index in [0.717, 1.165) is 0 Å². The molecule has 0 rings (SSSR count). The Morgan fingerprint density at radius 2 is 0.969 bits per heavy atom. The van der Waals surface area contributed by atoms with E-state index < -0.39 is 5.60 Å². The number of ether oxygens (including phenoxy) is 4. The van der Waals surface area contributed by atoms with Gasteiger partial charge in [-0.25, -0.2) is 39.1 Å². The number of rotatable bonds is 23. The molecule has 0 heterocycles. The molecule has 0 amide bonds. The van der Waals surface area contributed by atoms with E-state index in [1.807, 2.05) is 0 Å². The van der Waals surface area contributed by atoms with E-state index in [4.69, 9.17) is 18.9 Å². The first kappa shape index (κ1) is 29.4. The van der Waals surface area contributed by atoms with Crippen molar-refractivity contribution in [1.29, 1.82) is 0 Å². The zero-order chi connectivity index (χ0) is 23.6. The molecule has 0 unspecified atom stereocenters. The van der Waals surface area contributed by atoms with Crippen LogP contribution in [0.5, 0.6) is 0 Å². The number of nitrogens with zero attached hydrogens (tertiary/aromatic N) is 4. The summed E-state index contributed by atoms with van der Waals surface area (Å²) in [7, 11) is 0. The quantitative estimate of drug-likeness (QED) is 0.124. The van der Waals surface area contributed by atoms with Gasteiger partial charge in [0.15, 0.2) is 0 Å². The fourth-order valence-electron chi connectivity index (χ4n) is 2.71. The Balaban J connectivity index is 4.57. The fourth-order valence-corrected chi connectivity index (χ4v) is 2.71. The van der Waals surface area contributed by atoms with Crippen LogP contribution in [0.2, 0.25) is 0 Å². The lowest BCUT2D eigenvalue weighted by atomic mass is 9.92. The minimum absolute atomic E-state index is 0.158. The molecule has 0 aliphatic heterocycles. The molecular weight excluding hydrogens is 424 g/mol. The Kier molecular flexibility index (Phi) is 21.1. The Hall–Kier alpha value is -2.64. The Labute approximate surface area is 186 Å². The van der Waals surface area contributed by atoms with Gasteiger partial charge in [-0.05, 0) is 25.7 Å². The molecule has 0 saturated heterocycles. The van der Waals surface area contributed by atoms with Gasteiger partial charge in [0.1, 0.15) is 0 Å². The van der Waals surface area contributed by atoms with Crippen LogP contribution in [-0.4, -0.2) is 102 Å². The molecule has 12 nitrogen and oxygen atoms in total. The molecule has 178 valence electrons. The lowest BCUT2D eigenvalue weighted by Gasteiger charge is -2.33. The molecule has 0 atom stereocenters. The summed E-state index contributed by atoms with van der Waals surface area (Å²) >= 11 is 0. The van der Waals surface area contributed by atoms with Crippen molar-refractivity contribution in [3.05, 3.63) is 0 Å². The molecule has 0 bridgehead atoms. The van der Waals surface area contributed by atoms with Gasteiger partial charge in [-0.1, -0.05) is 0 Å². The van der Waals surface area contributed by atoms with E-state index in [0.29, 0.717) is 71.8 Å². The highest BCUT2D eigenvalue weighted by atomic mass is 16.6. The maximum Gasteiger partial charge on any atom is 0.235 e. The molecule has 0 aliphatic rings. The zero-order valence-electron chi connectivity index (χ0n) is 18.2. The third kappa shape index (κ3) is 18.2. The molecule has 0 spiro atoms. The molecule has 0 radical (unpaired) electrons. The second kappa shape index (κ2) is 23.0. The lowest BCUT2D eigenvalue weighted by Crippen LogP contribution is -2.40. The van der Waals surface area contributed by atoms with Crippen LogP contribution >= 0.6 is 0 Å². The van der Waals surface area contributed by atoms with Crippen molar-refractivity contribution in [1.82, 2.24) is 0 Å². The normalized spacial score (nSPS) is 11.9. The molecule has 12 heteroatoms. The van der Waals surface area contributed by atoms with Crippen LogP contribution in [0.1, 0.15) is 25.7 Å². The fraction of sp³-hybridized carbons (Fsp3) is 0.800. The average Bonchev–Trinajstić information content (AvgIpc) is 2.81. The number of carbonyl (C=O) groups excluding carboxylic acids is 4. The molecule has 0 fully saturated rings. The standard InChI is InChI=1S/C20H30N4O8/c25-16-21-5-1-3-20(4-2-6-22-17-26,32-10-8-24-19-28)15-31-14-13-30-12-11-29-9-7-23-18-27/h1-15H2. The van der Waals surface area contributed by atoms with Crippen LogP contribution in [0.25, 0.3) is 0 Å². The van der Waals surface area contributed by atoms with Crippen molar-refractivity contribution in [2.24, 2.45) is 20.0 Å². The minimum Gasteiger partial charge on any atom is -0.377 e. The maximum atomic E-state index is 10.3. The largest absolute Gasteiger partial charge is 0.377 e. The van der Waals surface area contributed by atoms with E-state index >= 15 is 0 Å². The van der Waals surface area contributed by atoms with Crippen molar-refractivity contribution >= 4 is 24.3 Å². The van der Waals surface area contributed by atoms with E-state index in [-0.39, 0.29) is 26.3 Å². The third-order valence-electron chi connectivity index (χ3n) is 4.13. The van der Waals surface area contributed by atoms with E-state index in [9.17, 15) is 19.2 Å². The summed E-state index contributed by atoms with van der Waals surface area (Å²) < 4.78 is 22.4. The van der Waals surface area contributed by atoms with Crippen LogP contribution in [-0.2, 0) is 38.1 Å². The van der Waals surface area contributed by atoms with Crippen LogP contribution in [0.3, 0.4) is 0 Å². The maximum absolute atomic E-state index is 10.3. The summed E-state index contributed by atoms with van der Waals surface area (Å²) in [4.78, 5) is 54.8. The lowest BCUT2D eigenvalue weighted by molar-refractivity contribution is -0.112. The highest BCUT2D eigenvalue weighted by molar-refractivity contribution is 5.33. The van der Waals surface area contributed by atoms with E-state index in [1.54, 1.807) is 0 Å². The molecular formula is C20H30N4O8. The van der Waals surface area contributed by atoms with Crippen molar-refractivity contribution < 1.29 is 38.1 Å². The number of hydrogen-bond acceptors (Lipinski definition) is 12. The Bertz CT molecular complexity index is 605. The van der Waals surface area contributed by atoms with Gasteiger partial charge < -0.3 is 18.9 Å². The second-order valence-corrected chi connectivity index (χ2v) is 6.41. The van der Waals surface area contributed by atoms with Gasteiger partial charge >= 0.3 is 0 Å². The summed E-state index contributed by atoms with van der Waals surface area (Å²) in [6, 6.07) is 0. The van der Waals surface area contributed by atoms with Crippen molar-refractivity contribution in [3.8, 4) is 0 Å². The molecule has 0 aromatic heterocycles. The van der Waals surface area contributed by atoms with Crippen LogP contribution in [0.4, 0.5) is 0 Å². The summed E-state index contributed by atoms with van der Waals surface area (Å²) in [5, 5.41) is 0. The Morgan fingerprint density at radius 1 is 0.531 bits per heavy atom. The van der Waals surface area contributed by atoms with Gasteiger partial charge in [-0.3, -0.25) is 0 Å². The first-order valence-corrected chi connectivity index (χ1v) is 10.3. The smallest absolute Gasteiger partial charge is 0.235 e. The van der Waals surface area contributed by atoms with Crippen LogP contribution < -0.4 is 0 Å².